The molecule has 1 saturated heterocycles. The maximum absolute atomic E-state index is 12.3. The number of nitrogens with zero attached hydrogens (tertiary/aromatic N) is 1. The molecule has 1 aromatic carbocycles. The summed E-state index contributed by atoms with van der Waals surface area (Å²) in [4.78, 5) is 24.9. The lowest BCUT2D eigenvalue weighted by Crippen LogP contribution is -2.46. The molecule has 2 N–H and O–H groups in total. The Kier molecular flexibility index (Phi) is 4.61. The van der Waals surface area contributed by atoms with Gasteiger partial charge >= 0.3 is 12.0 Å². The number of halogens is 1. The van der Waals surface area contributed by atoms with Crippen molar-refractivity contribution < 1.29 is 19.4 Å². The number of benzene rings is 1. The molecule has 2 amide bonds. The van der Waals surface area contributed by atoms with Gasteiger partial charge in [0.15, 0.2) is 0 Å². The third kappa shape index (κ3) is 3.52. The first-order valence-corrected chi connectivity index (χ1v) is 8.12. The third-order valence-corrected chi connectivity index (χ3v) is 4.53. The van der Waals surface area contributed by atoms with Gasteiger partial charge in [-0.1, -0.05) is 11.6 Å². The number of piperidine rings is 1. The van der Waals surface area contributed by atoms with Crippen molar-refractivity contribution in [1.29, 1.82) is 0 Å². The number of likely N-dealkylation sites (tertiary alicyclic amines) is 1. The molecule has 0 saturated carbocycles. The number of fused-ring (bicyclic) bond motifs is 1. The first-order valence-electron chi connectivity index (χ1n) is 7.74. The van der Waals surface area contributed by atoms with Crippen LogP contribution in [0.25, 0.3) is 0 Å². The van der Waals surface area contributed by atoms with E-state index in [9.17, 15) is 9.59 Å². The molecule has 0 aliphatic carbocycles. The highest BCUT2D eigenvalue weighted by Gasteiger charge is 2.28. The topological polar surface area (TPSA) is 78.9 Å². The number of rotatable bonds is 3. The van der Waals surface area contributed by atoms with Crippen LogP contribution in [0.4, 0.5) is 4.79 Å². The zero-order chi connectivity index (χ0) is 16.4. The van der Waals surface area contributed by atoms with Crippen LogP contribution in [0.3, 0.4) is 0 Å². The van der Waals surface area contributed by atoms with Crippen molar-refractivity contribution in [3.63, 3.8) is 0 Å². The molecule has 1 unspecified atom stereocenters. The Hall–Kier alpha value is -1.95. The Morgan fingerprint density at radius 1 is 1.43 bits per heavy atom. The molecule has 1 fully saturated rings. The predicted molar refractivity (Wildman–Crippen MR) is 84.8 cm³/mol. The third-order valence-electron chi connectivity index (χ3n) is 4.31. The van der Waals surface area contributed by atoms with Gasteiger partial charge in [0.2, 0.25) is 0 Å². The maximum atomic E-state index is 12.3. The Labute approximate surface area is 139 Å². The van der Waals surface area contributed by atoms with Gasteiger partial charge in [-0.25, -0.2) is 4.79 Å². The minimum absolute atomic E-state index is 0.248. The molecule has 0 radical (unpaired) electrons. The van der Waals surface area contributed by atoms with Gasteiger partial charge in [-0.3, -0.25) is 4.79 Å². The number of urea groups is 1. The van der Waals surface area contributed by atoms with Crippen molar-refractivity contribution in [2.45, 2.75) is 25.8 Å². The maximum Gasteiger partial charge on any atom is 0.317 e. The molecule has 0 aromatic heterocycles. The zero-order valence-corrected chi connectivity index (χ0v) is 13.4. The Morgan fingerprint density at radius 3 is 3.04 bits per heavy atom. The van der Waals surface area contributed by atoms with Crippen molar-refractivity contribution in [3.05, 3.63) is 28.3 Å². The molecule has 3 rings (SSSR count). The number of carboxylic acid groups (broad SMARTS) is 1. The van der Waals surface area contributed by atoms with Gasteiger partial charge in [0.05, 0.1) is 12.5 Å². The summed E-state index contributed by atoms with van der Waals surface area (Å²) in [5.41, 5.74) is 1.91. The fraction of sp³-hybridized carbons (Fsp3) is 0.500. The van der Waals surface area contributed by atoms with Gasteiger partial charge in [-0.05, 0) is 30.5 Å². The van der Waals surface area contributed by atoms with Crippen molar-refractivity contribution in [2.24, 2.45) is 5.92 Å². The van der Waals surface area contributed by atoms with Gasteiger partial charge in [-0.2, -0.15) is 0 Å². The number of amides is 2. The van der Waals surface area contributed by atoms with Crippen LogP contribution < -0.4 is 10.1 Å². The smallest absolute Gasteiger partial charge is 0.317 e. The van der Waals surface area contributed by atoms with E-state index in [2.05, 4.69) is 5.32 Å². The first kappa shape index (κ1) is 15.9. The molecule has 7 heteroatoms. The number of hydrogen-bond donors (Lipinski definition) is 2. The standard InChI is InChI=1S/C16H19ClN2O4/c17-13-6-10-3-5-23-14(10)12(7-13)8-18-16(22)19-4-1-2-11(9-19)15(20)21/h6-7,11H,1-5,8-9H2,(H,18,22)(H,20,21). The first-order chi connectivity index (χ1) is 11.0. The van der Waals surface area contributed by atoms with E-state index < -0.39 is 11.9 Å². The highest BCUT2D eigenvalue weighted by atomic mass is 35.5. The fourth-order valence-electron chi connectivity index (χ4n) is 3.12. The number of ether oxygens (including phenoxy) is 1. The quantitative estimate of drug-likeness (QED) is 0.886. The van der Waals surface area contributed by atoms with Crippen molar-refractivity contribution in [3.8, 4) is 5.75 Å². The molecule has 2 aliphatic heterocycles. The van der Waals surface area contributed by atoms with E-state index in [1.165, 1.54) is 0 Å². The lowest BCUT2D eigenvalue weighted by atomic mass is 9.99. The van der Waals surface area contributed by atoms with Crippen LogP contribution in [0.2, 0.25) is 5.02 Å². The second kappa shape index (κ2) is 6.66. The number of hydrogen-bond acceptors (Lipinski definition) is 3. The average molecular weight is 339 g/mol. The van der Waals surface area contributed by atoms with Crippen molar-refractivity contribution >= 4 is 23.6 Å². The van der Waals surface area contributed by atoms with E-state index in [0.29, 0.717) is 37.6 Å². The van der Waals surface area contributed by atoms with Gasteiger partial charge < -0.3 is 20.1 Å². The molecule has 124 valence electrons. The average Bonchev–Trinajstić information content (AvgIpc) is 3.00. The van der Waals surface area contributed by atoms with Gasteiger partial charge in [0.1, 0.15) is 5.75 Å². The summed E-state index contributed by atoms with van der Waals surface area (Å²) >= 11 is 6.10. The van der Waals surface area contributed by atoms with E-state index in [1.807, 2.05) is 6.07 Å². The highest BCUT2D eigenvalue weighted by Crippen LogP contribution is 2.32. The van der Waals surface area contributed by atoms with Crippen LogP contribution in [0.15, 0.2) is 12.1 Å². The zero-order valence-electron chi connectivity index (χ0n) is 12.7. The summed E-state index contributed by atoms with van der Waals surface area (Å²) in [7, 11) is 0. The van der Waals surface area contributed by atoms with Crippen LogP contribution in [-0.2, 0) is 17.8 Å². The van der Waals surface area contributed by atoms with Gasteiger partial charge in [0.25, 0.3) is 0 Å². The Bertz CT molecular complexity index is 635. The predicted octanol–water partition coefficient (Wildman–Crippen LogP) is 2.28. The minimum atomic E-state index is -0.844. The summed E-state index contributed by atoms with van der Waals surface area (Å²) in [5, 5.41) is 12.6. The van der Waals surface area contributed by atoms with Crippen LogP contribution in [0, 0.1) is 5.92 Å². The Balaban J connectivity index is 1.62. The van der Waals surface area contributed by atoms with Crippen LogP contribution in [-0.4, -0.2) is 41.7 Å². The Morgan fingerprint density at radius 2 is 2.26 bits per heavy atom. The number of carboxylic acids is 1. The van der Waals surface area contributed by atoms with Crippen molar-refractivity contribution in [1.82, 2.24) is 10.2 Å². The second-order valence-electron chi connectivity index (χ2n) is 5.93. The molecular formula is C16H19ClN2O4. The van der Waals surface area contributed by atoms with Crippen LogP contribution >= 0.6 is 11.6 Å². The molecular weight excluding hydrogens is 320 g/mol. The summed E-state index contributed by atoms with van der Waals surface area (Å²) in [6, 6.07) is 3.43. The SMILES string of the molecule is O=C(O)C1CCCN(C(=O)NCc2cc(Cl)cc3c2OCC3)C1. The monoisotopic (exact) mass is 338 g/mol. The summed E-state index contributed by atoms with van der Waals surface area (Å²) < 4.78 is 5.61. The van der Waals surface area contributed by atoms with Crippen molar-refractivity contribution in [2.75, 3.05) is 19.7 Å². The largest absolute Gasteiger partial charge is 0.493 e. The molecule has 1 atom stereocenters. The minimum Gasteiger partial charge on any atom is -0.493 e. The number of aliphatic carboxylic acids is 1. The number of carbonyl (C=O) groups is 2. The second-order valence-corrected chi connectivity index (χ2v) is 6.37. The van der Waals surface area contributed by atoms with Gasteiger partial charge in [0, 0.05) is 36.6 Å². The van der Waals surface area contributed by atoms with E-state index in [-0.39, 0.29) is 12.6 Å². The van der Waals surface area contributed by atoms with E-state index in [1.54, 1.807) is 11.0 Å². The fourth-order valence-corrected chi connectivity index (χ4v) is 3.39. The summed E-state index contributed by atoms with van der Waals surface area (Å²) in [6.45, 7) is 1.78. The number of nitrogens with one attached hydrogen (secondary N) is 1. The molecule has 0 bridgehead atoms. The van der Waals surface area contributed by atoms with E-state index in [4.69, 9.17) is 21.4 Å². The molecule has 0 spiro atoms. The van der Waals surface area contributed by atoms with Crippen LogP contribution in [0.5, 0.6) is 5.75 Å². The van der Waals surface area contributed by atoms with E-state index in [0.717, 1.165) is 23.3 Å². The molecule has 2 heterocycles. The van der Waals surface area contributed by atoms with Gasteiger partial charge in [-0.15, -0.1) is 0 Å². The number of carbonyl (C=O) groups excluding carboxylic acids is 1. The molecule has 1 aromatic rings. The summed E-state index contributed by atoms with van der Waals surface area (Å²) in [6.07, 6.45) is 2.15. The van der Waals surface area contributed by atoms with Crippen LogP contribution in [0.1, 0.15) is 24.0 Å². The highest BCUT2D eigenvalue weighted by molar-refractivity contribution is 6.30. The molecule has 6 nitrogen and oxygen atoms in total. The summed E-state index contributed by atoms with van der Waals surface area (Å²) in [5.74, 6) is -0.520. The lowest BCUT2D eigenvalue weighted by Gasteiger charge is -2.30. The normalized spacial score (nSPS) is 19.9. The molecule has 2 aliphatic rings. The van der Waals surface area contributed by atoms with E-state index >= 15 is 0 Å². The lowest BCUT2D eigenvalue weighted by molar-refractivity contribution is -0.143. The molecule has 23 heavy (non-hydrogen) atoms.